The zero-order chi connectivity index (χ0) is 20.9. The molecule has 0 aromatic heterocycles. The van der Waals surface area contributed by atoms with Gasteiger partial charge in [-0.25, -0.2) is 8.42 Å². The molecular formula is C20H24N2O6S. The number of nitrogens with zero attached hydrogens (tertiary/aromatic N) is 1. The summed E-state index contributed by atoms with van der Waals surface area (Å²) in [5.41, 5.74) is 0.333. The first kappa shape index (κ1) is 20.8. The van der Waals surface area contributed by atoms with Crippen molar-refractivity contribution in [2.75, 3.05) is 36.9 Å². The molecule has 8 nitrogen and oxygen atoms in total. The van der Waals surface area contributed by atoms with Gasteiger partial charge in [-0.05, 0) is 31.2 Å². The Bertz CT molecular complexity index is 949. The fourth-order valence-corrected chi connectivity index (χ4v) is 4.15. The SMILES string of the molecule is CC(C(=O)NCCOc1ccccc1)N(c1ccc2c(c1)OCCO2)S(C)(=O)=O. The summed E-state index contributed by atoms with van der Waals surface area (Å²) in [7, 11) is -3.72. The Balaban J connectivity index is 1.66. The van der Waals surface area contributed by atoms with Gasteiger partial charge in [0.1, 0.15) is 31.6 Å². The van der Waals surface area contributed by atoms with E-state index < -0.39 is 22.0 Å². The number of ether oxygens (including phenoxy) is 3. The molecule has 1 amide bonds. The molecule has 156 valence electrons. The Labute approximate surface area is 170 Å². The lowest BCUT2D eigenvalue weighted by Gasteiger charge is -2.29. The Hall–Kier alpha value is -2.94. The zero-order valence-electron chi connectivity index (χ0n) is 16.3. The minimum Gasteiger partial charge on any atom is -0.492 e. The summed E-state index contributed by atoms with van der Waals surface area (Å²) in [4.78, 5) is 12.6. The molecule has 0 spiro atoms. The zero-order valence-corrected chi connectivity index (χ0v) is 17.1. The van der Waals surface area contributed by atoms with Crippen LogP contribution in [0, 0.1) is 0 Å². The first-order valence-corrected chi connectivity index (χ1v) is 11.1. The van der Waals surface area contributed by atoms with Gasteiger partial charge in [0.05, 0.1) is 18.5 Å². The number of carbonyl (C=O) groups is 1. The summed E-state index contributed by atoms with van der Waals surface area (Å²) in [5, 5.41) is 2.71. The molecule has 0 fully saturated rings. The number of amides is 1. The normalized spacial score (nSPS) is 14.0. The molecule has 1 unspecified atom stereocenters. The van der Waals surface area contributed by atoms with Crippen molar-refractivity contribution in [1.29, 1.82) is 0 Å². The van der Waals surface area contributed by atoms with E-state index in [1.807, 2.05) is 30.3 Å². The van der Waals surface area contributed by atoms with Gasteiger partial charge in [0.15, 0.2) is 11.5 Å². The second-order valence-corrected chi connectivity index (χ2v) is 8.37. The number of carbonyl (C=O) groups excluding carboxylic acids is 1. The fraction of sp³-hybridized carbons (Fsp3) is 0.350. The molecule has 1 heterocycles. The predicted molar refractivity (Wildman–Crippen MR) is 109 cm³/mol. The minimum atomic E-state index is -3.72. The predicted octanol–water partition coefficient (Wildman–Crippen LogP) is 1.81. The van der Waals surface area contributed by atoms with E-state index in [0.717, 1.165) is 10.6 Å². The summed E-state index contributed by atoms with van der Waals surface area (Å²) in [6, 6.07) is 13.1. The molecular weight excluding hydrogens is 396 g/mol. The van der Waals surface area contributed by atoms with Crippen LogP contribution in [0.5, 0.6) is 17.2 Å². The molecule has 0 radical (unpaired) electrons. The number of benzene rings is 2. The molecule has 3 rings (SSSR count). The van der Waals surface area contributed by atoms with Crippen molar-refractivity contribution in [3.63, 3.8) is 0 Å². The third kappa shape index (κ3) is 5.32. The van der Waals surface area contributed by atoms with Gasteiger partial charge in [-0.2, -0.15) is 0 Å². The standard InChI is InChI=1S/C20H24N2O6S/c1-15(20(23)21-10-11-26-17-6-4-3-5-7-17)22(29(2,24)25)16-8-9-18-19(14-16)28-13-12-27-18/h3-9,14-15H,10-13H2,1-2H3,(H,21,23). The number of rotatable bonds is 8. The lowest BCUT2D eigenvalue weighted by Crippen LogP contribution is -2.48. The second kappa shape index (κ2) is 9.04. The van der Waals surface area contributed by atoms with E-state index in [9.17, 15) is 13.2 Å². The van der Waals surface area contributed by atoms with Gasteiger partial charge in [0.25, 0.3) is 0 Å². The maximum absolute atomic E-state index is 12.6. The third-order valence-electron chi connectivity index (χ3n) is 4.28. The van der Waals surface area contributed by atoms with Crippen LogP contribution in [0.3, 0.4) is 0 Å². The van der Waals surface area contributed by atoms with Gasteiger partial charge in [0, 0.05) is 6.07 Å². The van der Waals surface area contributed by atoms with E-state index in [2.05, 4.69) is 5.32 Å². The summed E-state index contributed by atoms with van der Waals surface area (Å²) in [6.07, 6.45) is 1.06. The number of anilines is 1. The minimum absolute atomic E-state index is 0.247. The molecule has 0 saturated heterocycles. The van der Waals surface area contributed by atoms with E-state index in [0.29, 0.717) is 36.1 Å². The van der Waals surface area contributed by atoms with Crippen molar-refractivity contribution in [2.45, 2.75) is 13.0 Å². The first-order chi connectivity index (χ1) is 13.9. The summed E-state index contributed by atoms with van der Waals surface area (Å²) in [5.74, 6) is 1.26. The van der Waals surface area contributed by atoms with Crippen LogP contribution >= 0.6 is 0 Å². The van der Waals surface area contributed by atoms with Crippen molar-refractivity contribution in [2.24, 2.45) is 0 Å². The Morgan fingerprint density at radius 2 is 1.83 bits per heavy atom. The van der Waals surface area contributed by atoms with E-state index >= 15 is 0 Å². The number of fused-ring (bicyclic) bond motifs is 1. The molecule has 2 aromatic rings. The average molecular weight is 420 g/mol. The van der Waals surface area contributed by atoms with E-state index in [-0.39, 0.29) is 13.2 Å². The van der Waals surface area contributed by atoms with E-state index in [1.165, 1.54) is 6.92 Å². The first-order valence-electron chi connectivity index (χ1n) is 9.21. The summed E-state index contributed by atoms with van der Waals surface area (Å²) < 4.78 is 42.4. The molecule has 29 heavy (non-hydrogen) atoms. The Kier molecular flexibility index (Phi) is 6.48. The monoisotopic (exact) mass is 420 g/mol. The molecule has 1 aliphatic heterocycles. The number of hydrogen-bond acceptors (Lipinski definition) is 6. The van der Waals surface area contributed by atoms with Crippen molar-refractivity contribution >= 4 is 21.6 Å². The quantitative estimate of drug-likeness (QED) is 0.655. The van der Waals surface area contributed by atoms with Crippen LogP contribution in [-0.2, 0) is 14.8 Å². The van der Waals surface area contributed by atoms with Gasteiger partial charge < -0.3 is 19.5 Å². The molecule has 9 heteroatoms. The fourth-order valence-electron chi connectivity index (χ4n) is 2.99. The second-order valence-electron chi connectivity index (χ2n) is 6.52. The maximum atomic E-state index is 12.6. The average Bonchev–Trinajstić information content (AvgIpc) is 2.70. The number of para-hydroxylation sites is 1. The van der Waals surface area contributed by atoms with Crippen molar-refractivity contribution < 1.29 is 27.4 Å². The van der Waals surface area contributed by atoms with Crippen LogP contribution in [-0.4, -0.2) is 53.0 Å². The molecule has 0 saturated carbocycles. The molecule has 1 N–H and O–H groups in total. The van der Waals surface area contributed by atoms with Gasteiger partial charge >= 0.3 is 0 Å². The molecule has 2 aromatic carbocycles. The Morgan fingerprint density at radius 1 is 1.14 bits per heavy atom. The largest absolute Gasteiger partial charge is 0.492 e. The van der Waals surface area contributed by atoms with Crippen molar-refractivity contribution in [3.8, 4) is 17.2 Å². The van der Waals surface area contributed by atoms with E-state index in [4.69, 9.17) is 14.2 Å². The highest BCUT2D eigenvalue weighted by molar-refractivity contribution is 7.92. The van der Waals surface area contributed by atoms with Crippen LogP contribution < -0.4 is 23.8 Å². The van der Waals surface area contributed by atoms with Crippen LogP contribution in [0.2, 0.25) is 0 Å². The lowest BCUT2D eigenvalue weighted by atomic mass is 10.2. The lowest BCUT2D eigenvalue weighted by molar-refractivity contribution is -0.121. The van der Waals surface area contributed by atoms with Gasteiger partial charge in [-0.15, -0.1) is 0 Å². The highest BCUT2D eigenvalue weighted by Crippen LogP contribution is 2.35. The number of nitrogens with one attached hydrogen (secondary N) is 1. The van der Waals surface area contributed by atoms with Crippen molar-refractivity contribution in [3.05, 3.63) is 48.5 Å². The van der Waals surface area contributed by atoms with Crippen LogP contribution in [0.1, 0.15) is 6.92 Å². The van der Waals surface area contributed by atoms with Gasteiger partial charge in [0.2, 0.25) is 15.9 Å². The number of sulfonamides is 1. The Morgan fingerprint density at radius 3 is 2.52 bits per heavy atom. The van der Waals surface area contributed by atoms with Crippen molar-refractivity contribution in [1.82, 2.24) is 5.32 Å². The van der Waals surface area contributed by atoms with Crippen LogP contribution in [0.15, 0.2) is 48.5 Å². The van der Waals surface area contributed by atoms with Gasteiger partial charge in [-0.1, -0.05) is 18.2 Å². The molecule has 1 atom stereocenters. The topological polar surface area (TPSA) is 94.2 Å². The smallest absolute Gasteiger partial charge is 0.243 e. The van der Waals surface area contributed by atoms with Crippen LogP contribution in [0.25, 0.3) is 0 Å². The third-order valence-corrected chi connectivity index (χ3v) is 5.52. The van der Waals surface area contributed by atoms with E-state index in [1.54, 1.807) is 18.2 Å². The molecule has 0 aliphatic carbocycles. The number of hydrogen-bond donors (Lipinski definition) is 1. The molecule has 1 aliphatic rings. The summed E-state index contributed by atoms with van der Waals surface area (Å²) in [6.45, 7) is 2.87. The van der Waals surface area contributed by atoms with Gasteiger partial charge in [-0.3, -0.25) is 9.10 Å². The van der Waals surface area contributed by atoms with Crippen LogP contribution in [0.4, 0.5) is 5.69 Å². The molecule has 0 bridgehead atoms. The highest BCUT2D eigenvalue weighted by atomic mass is 32.2. The summed E-state index contributed by atoms with van der Waals surface area (Å²) >= 11 is 0. The maximum Gasteiger partial charge on any atom is 0.243 e. The highest BCUT2D eigenvalue weighted by Gasteiger charge is 2.30.